The van der Waals surface area contributed by atoms with Crippen LogP contribution in [0.2, 0.25) is 0 Å². The van der Waals surface area contributed by atoms with Crippen LogP contribution in [0.5, 0.6) is 0 Å². The number of aryl methyl sites for hydroxylation is 1. The minimum atomic E-state index is 0.397. The molecule has 0 spiro atoms. The number of hydrogen-bond acceptors (Lipinski definition) is 8. The van der Waals surface area contributed by atoms with Crippen LogP contribution in [0.3, 0.4) is 0 Å². The molecule has 3 heterocycles. The van der Waals surface area contributed by atoms with E-state index in [0.29, 0.717) is 17.9 Å². The predicted molar refractivity (Wildman–Crippen MR) is 97.2 cm³/mol. The Morgan fingerprint density at radius 1 is 1.19 bits per heavy atom. The lowest BCUT2D eigenvalue weighted by Crippen LogP contribution is -2.36. The molecule has 0 unspecified atom stereocenters. The molecule has 8 heteroatoms. The molecule has 4 rings (SSSR count). The first-order valence-electron chi connectivity index (χ1n) is 9.53. The lowest BCUT2D eigenvalue weighted by molar-refractivity contribution is 0.122. The largest absolute Gasteiger partial charge is 0.425 e. The molecule has 1 saturated heterocycles. The zero-order valence-corrected chi connectivity index (χ0v) is 15.2. The van der Waals surface area contributed by atoms with Crippen molar-refractivity contribution in [3.8, 4) is 0 Å². The Kier molecular flexibility index (Phi) is 5.29. The number of hydrogen-bond donors (Lipinski definition) is 1. The fourth-order valence-corrected chi connectivity index (χ4v) is 3.72. The van der Waals surface area contributed by atoms with E-state index in [2.05, 4.69) is 25.4 Å². The van der Waals surface area contributed by atoms with Gasteiger partial charge in [-0.3, -0.25) is 0 Å². The van der Waals surface area contributed by atoms with Crippen molar-refractivity contribution in [1.29, 1.82) is 0 Å². The lowest BCUT2D eigenvalue weighted by atomic mass is 10.0. The molecular formula is C18H26N6O2. The van der Waals surface area contributed by atoms with Gasteiger partial charge in [0.2, 0.25) is 17.7 Å². The molecular weight excluding hydrogens is 332 g/mol. The van der Waals surface area contributed by atoms with E-state index in [1.54, 1.807) is 0 Å². The van der Waals surface area contributed by atoms with Gasteiger partial charge in [0, 0.05) is 38.2 Å². The molecule has 1 saturated carbocycles. The third-order valence-corrected chi connectivity index (χ3v) is 5.12. The maximum absolute atomic E-state index is 5.65. The first kappa shape index (κ1) is 17.2. The SMILES string of the molecule is CCc1nnc(C[C@@H]2CC[C@H](Nc3nccc(N4CCOCC4)n3)C2)o1. The van der Waals surface area contributed by atoms with E-state index in [-0.39, 0.29) is 0 Å². The molecule has 1 N–H and O–H groups in total. The predicted octanol–water partition coefficient (Wildman–Crippen LogP) is 2.08. The van der Waals surface area contributed by atoms with Crippen LogP contribution in [0, 0.1) is 5.92 Å². The van der Waals surface area contributed by atoms with Gasteiger partial charge in [-0.1, -0.05) is 6.92 Å². The summed E-state index contributed by atoms with van der Waals surface area (Å²) < 4.78 is 11.1. The molecule has 1 aliphatic heterocycles. The Morgan fingerprint density at radius 3 is 2.85 bits per heavy atom. The zero-order valence-electron chi connectivity index (χ0n) is 15.2. The molecule has 2 aliphatic rings. The minimum absolute atomic E-state index is 0.397. The molecule has 140 valence electrons. The molecule has 0 bridgehead atoms. The molecule has 2 atom stereocenters. The minimum Gasteiger partial charge on any atom is -0.425 e. The van der Waals surface area contributed by atoms with Crippen molar-refractivity contribution in [1.82, 2.24) is 20.2 Å². The first-order valence-corrected chi connectivity index (χ1v) is 9.53. The molecule has 2 aromatic rings. The Morgan fingerprint density at radius 2 is 2.04 bits per heavy atom. The molecule has 0 aromatic carbocycles. The number of morpholine rings is 1. The quantitative estimate of drug-likeness (QED) is 0.839. The number of anilines is 2. The summed E-state index contributed by atoms with van der Waals surface area (Å²) >= 11 is 0. The van der Waals surface area contributed by atoms with Gasteiger partial charge in [-0.15, -0.1) is 10.2 Å². The number of aromatic nitrogens is 4. The maximum atomic E-state index is 5.65. The molecule has 2 aromatic heterocycles. The molecule has 0 amide bonds. The number of nitrogens with zero attached hydrogens (tertiary/aromatic N) is 5. The summed E-state index contributed by atoms with van der Waals surface area (Å²) in [6, 6.07) is 2.36. The van der Waals surface area contributed by atoms with Gasteiger partial charge in [0.1, 0.15) is 5.82 Å². The second-order valence-electron chi connectivity index (χ2n) is 7.01. The van der Waals surface area contributed by atoms with Gasteiger partial charge >= 0.3 is 0 Å². The highest BCUT2D eigenvalue weighted by Crippen LogP contribution is 2.30. The second-order valence-corrected chi connectivity index (χ2v) is 7.01. The van der Waals surface area contributed by atoms with Crippen molar-refractivity contribution < 1.29 is 9.15 Å². The van der Waals surface area contributed by atoms with E-state index in [4.69, 9.17) is 14.1 Å². The fraction of sp³-hybridized carbons (Fsp3) is 0.667. The summed E-state index contributed by atoms with van der Waals surface area (Å²) in [5.41, 5.74) is 0. The van der Waals surface area contributed by atoms with Crippen LogP contribution in [0.25, 0.3) is 0 Å². The fourth-order valence-electron chi connectivity index (χ4n) is 3.72. The summed E-state index contributed by atoms with van der Waals surface area (Å²) in [6.07, 6.45) is 6.83. The Bertz CT molecular complexity index is 715. The second kappa shape index (κ2) is 7.99. The van der Waals surface area contributed by atoms with E-state index >= 15 is 0 Å². The topological polar surface area (TPSA) is 89.2 Å². The van der Waals surface area contributed by atoms with Crippen molar-refractivity contribution in [3.63, 3.8) is 0 Å². The van der Waals surface area contributed by atoms with Crippen LogP contribution in [-0.4, -0.2) is 52.5 Å². The van der Waals surface area contributed by atoms with E-state index in [1.807, 2.05) is 19.2 Å². The van der Waals surface area contributed by atoms with Gasteiger partial charge in [0.25, 0.3) is 0 Å². The van der Waals surface area contributed by atoms with Gasteiger partial charge in [0.15, 0.2) is 0 Å². The number of ether oxygens (including phenoxy) is 1. The zero-order chi connectivity index (χ0) is 17.8. The van der Waals surface area contributed by atoms with Crippen molar-refractivity contribution in [2.45, 2.75) is 45.1 Å². The molecule has 1 aliphatic carbocycles. The van der Waals surface area contributed by atoms with E-state index < -0.39 is 0 Å². The van der Waals surface area contributed by atoms with Gasteiger partial charge in [-0.25, -0.2) is 4.98 Å². The van der Waals surface area contributed by atoms with Crippen LogP contribution >= 0.6 is 0 Å². The smallest absolute Gasteiger partial charge is 0.224 e. The van der Waals surface area contributed by atoms with Gasteiger partial charge in [-0.2, -0.15) is 4.98 Å². The highest BCUT2D eigenvalue weighted by atomic mass is 16.5. The lowest BCUT2D eigenvalue weighted by Gasteiger charge is -2.28. The average molecular weight is 358 g/mol. The molecule has 26 heavy (non-hydrogen) atoms. The summed E-state index contributed by atoms with van der Waals surface area (Å²) in [6.45, 7) is 5.30. The highest BCUT2D eigenvalue weighted by molar-refractivity contribution is 5.43. The summed E-state index contributed by atoms with van der Waals surface area (Å²) in [5.74, 6) is 3.74. The van der Waals surface area contributed by atoms with E-state index in [9.17, 15) is 0 Å². The number of nitrogens with one attached hydrogen (secondary N) is 1. The summed E-state index contributed by atoms with van der Waals surface area (Å²) in [7, 11) is 0. The summed E-state index contributed by atoms with van der Waals surface area (Å²) in [5, 5.41) is 11.7. The Hall–Kier alpha value is -2.22. The van der Waals surface area contributed by atoms with Crippen molar-refractivity contribution in [2.24, 2.45) is 5.92 Å². The monoisotopic (exact) mass is 358 g/mol. The third kappa shape index (κ3) is 4.12. The maximum Gasteiger partial charge on any atom is 0.224 e. The standard InChI is InChI=1S/C18H26N6O2/c1-2-16-22-23-17(26-16)12-13-3-4-14(11-13)20-18-19-6-5-15(21-18)24-7-9-25-10-8-24/h5-6,13-14H,2-4,7-12H2,1H3,(H,19,20,21)/t13-,14+/m1/s1. The van der Waals surface area contributed by atoms with Crippen LogP contribution in [0.4, 0.5) is 11.8 Å². The number of rotatable bonds is 6. The Labute approximate surface area is 153 Å². The average Bonchev–Trinajstić information content (AvgIpc) is 3.32. The van der Waals surface area contributed by atoms with Crippen LogP contribution in [0.15, 0.2) is 16.7 Å². The van der Waals surface area contributed by atoms with Crippen LogP contribution in [0.1, 0.15) is 38.0 Å². The molecule has 0 radical (unpaired) electrons. The molecule has 8 nitrogen and oxygen atoms in total. The summed E-state index contributed by atoms with van der Waals surface area (Å²) in [4.78, 5) is 11.3. The van der Waals surface area contributed by atoms with Crippen molar-refractivity contribution in [3.05, 3.63) is 24.0 Å². The van der Waals surface area contributed by atoms with Gasteiger partial charge < -0.3 is 19.4 Å². The van der Waals surface area contributed by atoms with Crippen molar-refractivity contribution >= 4 is 11.8 Å². The van der Waals surface area contributed by atoms with Crippen LogP contribution < -0.4 is 10.2 Å². The van der Waals surface area contributed by atoms with E-state index in [1.165, 1.54) is 0 Å². The Balaban J connectivity index is 1.32. The first-order chi connectivity index (χ1) is 12.8. The van der Waals surface area contributed by atoms with Gasteiger partial charge in [0.05, 0.1) is 13.2 Å². The highest BCUT2D eigenvalue weighted by Gasteiger charge is 2.27. The normalized spacial score (nSPS) is 23.3. The van der Waals surface area contributed by atoms with E-state index in [0.717, 1.165) is 76.0 Å². The van der Waals surface area contributed by atoms with Gasteiger partial charge in [-0.05, 0) is 31.2 Å². The van der Waals surface area contributed by atoms with Crippen molar-refractivity contribution in [2.75, 3.05) is 36.5 Å². The van der Waals surface area contributed by atoms with Crippen LogP contribution in [-0.2, 0) is 17.6 Å². The molecule has 2 fully saturated rings. The third-order valence-electron chi connectivity index (χ3n) is 5.12.